The number of hydrogen-bond donors (Lipinski definition) is 2. The van der Waals surface area contributed by atoms with Crippen molar-refractivity contribution in [1.29, 1.82) is 0 Å². The van der Waals surface area contributed by atoms with Gasteiger partial charge in [-0.3, -0.25) is 9.59 Å². The van der Waals surface area contributed by atoms with Crippen LogP contribution >= 0.6 is 11.6 Å². The molecule has 2 aromatic carbocycles. The molecule has 0 atom stereocenters. The Morgan fingerprint density at radius 1 is 1.10 bits per heavy atom. The summed E-state index contributed by atoms with van der Waals surface area (Å²) in [4.78, 5) is 28.1. The molecular weight excluding hydrogens is 403 g/mol. The second-order valence-corrected chi connectivity index (χ2v) is 6.22. The van der Waals surface area contributed by atoms with Crippen molar-refractivity contribution in [2.45, 2.75) is 0 Å². The number of benzene rings is 2. The Kier molecular flexibility index (Phi) is 6.40. The van der Waals surface area contributed by atoms with Crippen molar-refractivity contribution in [2.75, 3.05) is 20.2 Å². The van der Waals surface area contributed by atoms with Crippen LogP contribution in [0, 0.1) is 5.82 Å². The summed E-state index contributed by atoms with van der Waals surface area (Å²) >= 11 is 5.98. The van der Waals surface area contributed by atoms with Crippen LogP contribution in [0.15, 0.2) is 47.0 Å². The van der Waals surface area contributed by atoms with Gasteiger partial charge in [0.25, 0.3) is 5.91 Å². The molecule has 0 unspecified atom stereocenters. The van der Waals surface area contributed by atoms with Crippen LogP contribution in [0.4, 0.5) is 4.39 Å². The number of aromatic nitrogens is 2. The predicted octanol–water partition coefficient (Wildman–Crippen LogP) is 2.70. The second-order valence-electron chi connectivity index (χ2n) is 5.79. The lowest BCUT2D eigenvalue weighted by molar-refractivity contribution is 0.0898. The zero-order valence-electron chi connectivity index (χ0n) is 15.2. The number of hydrogen-bond acceptors (Lipinski definition) is 6. The first-order chi connectivity index (χ1) is 14.0. The van der Waals surface area contributed by atoms with E-state index in [4.69, 9.17) is 20.9 Å². The van der Waals surface area contributed by atoms with E-state index < -0.39 is 11.7 Å². The lowest BCUT2D eigenvalue weighted by Crippen LogP contribution is -2.34. The van der Waals surface area contributed by atoms with Crippen molar-refractivity contribution in [2.24, 2.45) is 0 Å². The zero-order valence-corrected chi connectivity index (χ0v) is 16.0. The molecule has 0 saturated heterocycles. The summed E-state index contributed by atoms with van der Waals surface area (Å²) < 4.78 is 23.1. The highest BCUT2D eigenvalue weighted by molar-refractivity contribution is 6.30. The van der Waals surface area contributed by atoms with Crippen molar-refractivity contribution >= 4 is 23.4 Å². The summed E-state index contributed by atoms with van der Waals surface area (Å²) in [5.41, 5.74) is 0.795. The number of methoxy groups -OCH3 is 1. The molecule has 1 heterocycles. The molecule has 10 heteroatoms. The van der Waals surface area contributed by atoms with Gasteiger partial charge >= 0.3 is 11.8 Å². The molecule has 2 N–H and O–H groups in total. The summed E-state index contributed by atoms with van der Waals surface area (Å²) in [6.07, 6.45) is 0. The number of ether oxygens (including phenoxy) is 1. The molecule has 8 nitrogen and oxygen atoms in total. The molecule has 29 heavy (non-hydrogen) atoms. The molecule has 3 rings (SSSR count). The molecule has 0 spiro atoms. The first kappa shape index (κ1) is 20.3. The van der Waals surface area contributed by atoms with E-state index in [9.17, 15) is 14.0 Å². The fourth-order valence-electron chi connectivity index (χ4n) is 2.41. The van der Waals surface area contributed by atoms with E-state index in [1.807, 2.05) is 0 Å². The van der Waals surface area contributed by atoms with Crippen LogP contribution in [0.1, 0.15) is 21.0 Å². The highest BCUT2D eigenvalue weighted by Gasteiger charge is 2.18. The largest absolute Gasteiger partial charge is 0.496 e. The minimum atomic E-state index is -0.597. The minimum Gasteiger partial charge on any atom is -0.496 e. The van der Waals surface area contributed by atoms with E-state index in [-0.39, 0.29) is 30.7 Å². The maximum atomic E-state index is 12.9. The molecule has 3 aromatic rings. The van der Waals surface area contributed by atoms with Gasteiger partial charge in [0, 0.05) is 23.7 Å². The van der Waals surface area contributed by atoms with Crippen LogP contribution < -0.4 is 15.4 Å². The van der Waals surface area contributed by atoms with Gasteiger partial charge in [-0.2, -0.15) is 4.98 Å². The second kappa shape index (κ2) is 9.16. The first-order valence-electron chi connectivity index (χ1n) is 8.47. The molecule has 2 amide bonds. The molecule has 0 bridgehead atoms. The number of nitrogens with one attached hydrogen (secondary N) is 2. The van der Waals surface area contributed by atoms with Crippen LogP contribution in [0.5, 0.6) is 5.75 Å². The summed E-state index contributed by atoms with van der Waals surface area (Å²) in [7, 11) is 1.49. The van der Waals surface area contributed by atoms with Crippen LogP contribution in [-0.4, -0.2) is 42.2 Å². The molecule has 0 aliphatic rings. The number of rotatable bonds is 7. The molecule has 0 saturated carbocycles. The van der Waals surface area contributed by atoms with Crippen molar-refractivity contribution in [3.05, 3.63) is 64.8 Å². The van der Waals surface area contributed by atoms with Crippen molar-refractivity contribution in [1.82, 2.24) is 20.8 Å². The quantitative estimate of drug-likeness (QED) is 0.571. The molecule has 0 fully saturated rings. The minimum absolute atomic E-state index is 0.129. The first-order valence-corrected chi connectivity index (χ1v) is 8.85. The van der Waals surface area contributed by atoms with Crippen LogP contribution in [-0.2, 0) is 0 Å². The number of amides is 2. The molecule has 0 aliphatic carbocycles. The summed E-state index contributed by atoms with van der Waals surface area (Å²) in [5.74, 6) is -1.02. The molecular formula is C19H16ClFN4O4. The van der Waals surface area contributed by atoms with E-state index in [2.05, 4.69) is 20.8 Å². The molecule has 150 valence electrons. The Bertz CT molecular complexity index is 1020. The number of carbonyl (C=O) groups excluding carboxylic acids is 2. The SMILES string of the molecule is COc1ccc(Cl)cc1-c1noc(C(=O)NCCNC(=O)c2ccc(F)cc2)n1. The Morgan fingerprint density at radius 2 is 1.79 bits per heavy atom. The molecule has 0 aliphatic heterocycles. The Labute approximate surface area is 170 Å². The lowest BCUT2D eigenvalue weighted by atomic mass is 10.2. The average molecular weight is 419 g/mol. The zero-order chi connectivity index (χ0) is 20.8. The van der Waals surface area contributed by atoms with Gasteiger partial charge in [-0.1, -0.05) is 16.8 Å². The van der Waals surface area contributed by atoms with Crippen LogP contribution in [0.2, 0.25) is 5.02 Å². The van der Waals surface area contributed by atoms with Gasteiger partial charge in [-0.05, 0) is 42.5 Å². The highest BCUT2D eigenvalue weighted by atomic mass is 35.5. The fraction of sp³-hybridized carbons (Fsp3) is 0.158. The van der Waals surface area contributed by atoms with Gasteiger partial charge in [0.15, 0.2) is 0 Å². The number of nitrogens with zero attached hydrogens (tertiary/aromatic N) is 2. The average Bonchev–Trinajstić information content (AvgIpc) is 3.21. The predicted molar refractivity (Wildman–Crippen MR) is 102 cm³/mol. The van der Waals surface area contributed by atoms with Gasteiger partial charge in [-0.25, -0.2) is 4.39 Å². The third-order valence-electron chi connectivity index (χ3n) is 3.83. The maximum Gasteiger partial charge on any atom is 0.316 e. The van der Waals surface area contributed by atoms with Crippen molar-refractivity contribution < 1.29 is 23.2 Å². The standard InChI is InChI=1S/C19H16ClFN4O4/c1-28-15-7-4-12(20)10-14(15)16-24-19(29-25-16)18(27)23-9-8-22-17(26)11-2-5-13(21)6-3-11/h2-7,10H,8-9H2,1H3,(H,22,26)(H,23,27). The van der Waals surface area contributed by atoms with E-state index in [0.29, 0.717) is 21.9 Å². The van der Waals surface area contributed by atoms with Crippen LogP contribution in [0.3, 0.4) is 0 Å². The molecule has 1 aromatic heterocycles. The van der Waals surface area contributed by atoms with Gasteiger partial charge in [-0.15, -0.1) is 0 Å². The smallest absolute Gasteiger partial charge is 0.316 e. The number of halogens is 2. The molecule has 0 radical (unpaired) electrons. The van der Waals surface area contributed by atoms with Crippen molar-refractivity contribution in [3.8, 4) is 17.1 Å². The fourth-order valence-corrected chi connectivity index (χ4v) is 2.58. The van der Waals surface area contributed by atoms with Gasteiger partial charge in [0.05, 0.1) is 12.7 Å². The van der Waals surface area contributed by atoms with Gasteiger partial charge in [0.2, 0.25) is 5.82 Å². The van der Waals surface area contributed by atoms with E-state index in [0.717, 1.165) is 0 Å². The normalized spacial score (nSPS) is 10.4. The third-order valence-corrected chi connectivity index (χ3v) is 4.06. The van der Waals surface area contributed by atoms with Crippen LogP contribution in [0.25, 0.3) is 11.4 Å². The maximum absolute atomic E-state index is 12.9. The summed E-state index contributed by atoms with van der Waals surface area (Å²) in [5, 5.41) is 9.38. The monoisotopic (exact) mass is 418 g/mol. The van der Waals surface area contributed by atoms with Gasteiger partial charge < -0.3 is 19.9 Å². The Hall–Kier alpha value is -3.46. The lowest BCUT2D eigenvalue weighted by Gasteiger charge is -2.06. The topological polar surface area (TPSA) is 106 Å². The van der Waals surface area contributed by atoms with E-state index in [1.54, 1.807) is 18.2 Å². The van der Waals surface area contributed by atoms with E-state index in [1.165, 1.54) is 31.4 Å². The Morgan fingerprint density at radius 3 is 2.48 bits per heavy atom. The summed E-state index contributed by atoms with van der Waals surface area (Å²) in [6, 6.07) is 10.0. The highest BCUT2D eigenvalue weighted by Crippen LogP contribution is 2.30. The number of carbonyl (C=O) groups is 2. The van der Waals surface area contributed by atoms with Gasteiger partial charge in [0.1, 0.15) is 11.6 Å². The van der Waals surface area contributed by atoms with E-state index >= 15 is 0 Å². The van der Waals surface area contributed by atoms with Crippen molar-refractivity contribution in [3.63, 3.8) is 0 Å². The summed E-state index contributed by atoms with van der Waals surface area (Å²) in [6.45, 7) is 0.287. The Balaban J connectivity index is 1.54. The third kappa shape index (κ3) is 5.08.